The molecule has 20 heavy (non-hydrogen) atoms. The number of piperidine rings is 1. The summed E-state index contributed by atoms with van der Waals surface area (Å²) in [5.41, 5.74) is -0.0408. The maximum absolute atomic E-state index is 12.2. The molecule has 0 aliphatic carbocycles. The molecule has 0 spiro atoms. The van der Waals surface area contributed by atoms with Gasteiger partial charge in [0.05, 0.1) is 5.54 Å². The second kappa shape index (κ2) is 7.41. The molecule has 1 saturated heterocycles. The highest BCUT2D eigenvalue weighted by Gasteiger charge is 2.36. The molecule has 1 fully saturated rings. The Morgan fingerprint density at radius 1 is 1.20 bits per heavy atom. The van der Waals surface area contributed by atoms with Crippen molar-refractivity contribution in [1.29, 1.82) is 0 Å². The van der Waals surface area contributed by atoms with E-state index in [9.17, 15) is 4.79 Å². The Hall–Kier alpha value is -0.610. The van der Waals surface area contributed by atoms with Gasteiger partial charge in [-0.05, 0) is 46.7 Å². The van der Waals surface area contributed by atoms with Gasteiger partial charge in [-0.25, -0.2) is 0 Å². The van der Waals surface area contributed by atoms with Gasteiger partial charge in [-0.3, -0.25) is 4.79 Å². The standard InChI is InChI=1S/C16H33N3O/c1-13(2)11-15(20)17-16(12-18(5)6)7-9-19(10-8-16)14(3)4/h13-14H,7-12H2,1-6H3,(H,17,20). The van der Waals surface area contributed by atoms with Crippen molar-refractivity contribution in [1.82, 2.24) is 15.1 Å². The summed E-state index contributed by atoms with van der Waals surface area (Å²) in [5, 5.41) is 3.35. The maximum Gasteiger partial charge on any atom is 0.220 e. The van der Waals surface area contributed by atoms with Crippen LogP contribution in [0.3, 0.4) is 0 Å². The Morgan fingerprint density at radius 3 is 2.15 bits per heavy atom. The molecule has 4 heteroatoms. The molecule has 0 saturated carbocycles. The molecule has 0 aromatic heterocycles. The highest BCUT2D eigenvalue weighted by molar-refractivity contribution is 5.77. The molecule has 1 aliphatic heterocycles. The monoisotopic (exact) mass is 283 g/mol. The van der Waals surface area contributed by atoms with Crippen molar-refractivity contribution in [2.24, 2.45) is 5.92 Å². The number of hydrogen-bond acceptors (Lipinski definition) is 3. The van der Waals surface area contributed by atoms with Gasteiger partial charge in [0.1, 0.15) is 0 Å². The van der Waals surface area contributed by atoms with Gasteiger partial charge >= 0.3 is 0 Å². The molecule has 0 aromatic carbocycles. The molecular formula is C16H33N3O. The van der Waals surface area contributed by atoms with Crippen molar-refractivity contribution in [2.75, 3.05) is 33.7 Å². The summed E-state index contributed by atoms with van der Waals surface area (Å²) in [5.74, 6) is 0.627. The molecule has 4 nitrogen and oxygen atoms in total. The summed E-state index contributed by atoms with van der Waals surface area (Å²) in [6.45, 7) is 11.8. The van der Waals surface area contributed by atoms with E-state index in [4.69, 9.17) is 0 Å². The summed E-state index contributed by atoms with van der Waals surface area (Å²) in [6, 6.07) is 0.596. The van der Waals surface area contributed by atoms with E-state index in [0.29, 0.717) is 18.4 Å². The van der Waals surface area contributed by atoms with Crippen molar-refractivity contribution in [3.63, 3.8) is 0 Å². The predicted molar refractivity (Wildman–Crippen MR) is 84.8 cm³/mol. The highest BCUT2D eigenvalue weighted by atomic mass is 16.1. The van der Waals surface area contributed by atoms with Gasteiger partial charge in [0.2, 0.25) is 5.91 Å². The highest BCUT2D eigenvalue weighted by Crippen LogP contribution is 2.25. The lowest BCUT2D eigenvalue weighted by atomic mass is 9.86. The van der Waals surface area contributed by atoms with Gasteiger partial charge in [-0.2, -0.15) is 0 Å². The van der Waals surface area contributed by atoms with Gasteiger partial charge < -0.3 is 15.1 Å². The van der Waals surface area contributed by atoms with Crippen LogP contribution in [-0.4, -0.2) is 61.0 Å². The van der Waals surface area contributed by atoms with Crippen LogP contribution in [0.15, 0.2) is 0 Å². The second-order valence-corrected chi connectivity index (χ2v) is 7.29. The number of nitrogens with zero attached hydrogens (tertiary/aromatic N) is 2. The van der Waals surface area contributed by atoms with E-state index in [-0.39, 0.29) is 11.4 Å². The van der Waals surface area contributed by atoms with Crippen molar-refractivity contribution >= 4 is 5.91 Å². The maximum atomic E-state index is 12.2. The molecule has 1 amide bonds. The second-order valence-electron chi connectivity index (χ2n) is 7.29. The minimum absolute atomic E-state index is 0.0408. The van der Waals surface area contributed by atoms with Crippen LogP contribution in [-0.2, 0) is 4.79 Å². The largest absolute Gasteiger partial charge is 0.349 e. The fourth-order valence-electron chi connectivity index (χ4n) is 3.11. The lowest BCUT2D eigenvalue weighted by molar-refractivity contribution is -0.124. The first-order valence-electron chi connectivity index (χ1n) is 7.94. The van der Waals surface area contributed by atoms with Crippen LogP contribution in [0.5, 0.6) is 0 Å². The van der Waals surface area contributed by atoms with Gasteiger partial charge in [-0.1, -0.05) is 13.8 Å². The normalized spacial score (nSPS) is 19.9. The van der Waals surface area contributed by atoms with Crippen molar-refractivity contribution in [2.45, 2.75) is 58.5 Å². The van der Waals surface area contributed by atoms with Crippen LogP contribution >= 0.6 is 0 Å². The van der Waals surface area contributed by atoms with Crippen molar-refractivity contribution in [3.8, 4) is 0 Å². The summed E-state index contributed by atoms with van der Waals surface area (Å²) >= 11 is 0. The van der Waals surface area contributed by atoms with Crippen LogP contribution in [0.2, 0.25) is 0 Å². The lowest BCUT2D eigenvalue weighted by Crippen LogP contribution is -2.60. The van der Waals surface area contributed by atoms with E-state index in [1.54, 1.807) is 0 Å². The van der Waals surface area contributed by atoms with Gasteiger partial charge in [0.15, 0.2) is 0 Å². The quantitative estimate of drug-likeness (QED) is 0.809. The number of nitrogens with one attached hydrogen (secondary N) is 1. The minimum Gasteiger partial charge on any atom is -0.349 e. The van der Waals surface area contributed by atoms with Gasteiger partial charge in [0.25, 0.3) is 0 Å². The van der Waals surface area contributed by atoms with E-state index in [1.807, 2.05) is 0 Å². The first-order chi connectivity index (χ1) is 9.24. The average molecular weight is 283 g/mol. The van der Waals surface area contributed by atoms with E-state index in [0.717, 1.165) is 32.5 Å². The molecule has 0 radical (unpaired) electrons. The Bertz CT molecular complexity index is 305. The molecule has 0 unspecified atom stereocenters. The number of rotatable bonds is 6. The fourth-order valence-corrected chi connectivity index (χ4v) is 3.11. The third-order valence-corrected chi connectivity index (χ3v) is 4.10. The zero-order valence-corrected chi connectivity index (χ0v) is 14.2. The smallest absolute Gasteiger partial charge is 0.220 e. The Labute approximate surface area is 124 Å². The van der Waals surface area contributed by atoms with Crippen LogP contribution in [0.1, 0.15) is 47.0 Å². The number of amides is 1. The molecule has 0 aromatic rings. The molecule has 0 atom stereocenters. The zero-order valence-electron chi connectivity index (χ0n) is 14.2. The zero-order chi connectivity index (χ0) is 15.3. The minimum atomic E-state index is -0.0408. The van der Waals surface area contributed by atoms with E-state index >= 15 is 0 Å². The van der Waals surface area contributed by atoms with Crippen LogP contribution in [0, 0.1) is 5.92 Å². The molecular weight excluding hydrogens is 250 g/mol. The molecule has 1 rings (SSSR count). The number of carbonyl (C=O) groups is 1. The Balaban J connectivity index is 2.67. The fraction of sp³-hybridized carbons (Fsp3) is 0.938. The third kappa shape index (κ3) is 5.41. The first-order valence-corrected chi connectivity index (χ1v) is 7.94. The summed E-state index contributed by atoms with van der Waals surface area (Å²) < 4.78 is 0. The summed E-state index contributed by atoms with van der Waals surface area (Å²) in [6.07, 6.45) is 2.73. The first kappa shape index (κ1) is 17.4. The topological polar surface area (TPSA) is 35.6 Å². The van der Waals surface area contributed by atoms with Crippen LogP contribution in [0.25, 0.3) is 0 Å². The Morgan fingerprint density at radius 2 is 1.75 bits per heavy atom. The lowest BCUT2D eigenvalue weighted by Gasteiger charge is -2.45. The van der Waals surface area contributed by atoms with Crippen LogP contribution < -0.4 is 5.32 Å². The Kier molecular flexibility index (Phi) is 6.46. The molecule has 1 heterocycles. The van der Waals surface area contributed by atoms with E-state index in [1.165, 1.54) is 0 Å². The number of likely N-dealkylation sites (N-methyl/N-ethyl adjacent to an activating group) is 1. The van der Waals surface area contributed by atoms with Crippen LogP contribution in [0.4, 0.5) is 0 Å². The number of hydrogen-bond donors (Lipinski definition) is 1. The SMILES string of the molecule is CC(C)CC(=O)NC1(CN(C)C)CCN(C(C)C)CC1. The average Bonchev–Trinajstić information content (AvgIpc) is 2.26. The van der Waals surface area contributed by atoms with Gasteiger partial charge in [-0.15, -0.1) is 0 Å². The molecule has 1 N–H and O–H groups in total. The predicted octanol–water partition coefficient (Wildman–Crippen LogP) is 1.95. The molecule has 1 aliphatic rings. The van der Waals surface area contributed by atoms with E-state index < -0.39 is 0 Å². The van der Waals surface area contributed by atoms with Gasteiger partial charge in [0, 0.05) is 32.1 Å². The third-order valence-electron chi connectivity index (χ3n) is 4.10. The number of carbonyl (C=O) groups excluding carboxylic acids is 1. The van der Waals surface area contributed by atoms with E-state index in [2.05, 4.69) is 56.9 Å². The molecule has 0 bridgehead atoms. The van der Waals surface area contributed by atoms with Crippen molar-refractivity contribution < 1.29 is 4.79 Å². The summed E-state index contributed by atoms with van der Waals surface area (Å²) in [7, 11) is 4.18. The summed E-state index contributed by atoms with van der Waals surface area (Å²) in [4.78, 5) is 16.9. The number of likely N-dealkylation sites (tertiary alicyclic amines) is 1. The molecule has 118 valence electrons. The van der Waals surface area contributed by atoms with Crippen molar-refractivity contribution in [3.05, 3.63) is 0 Å².